The first kappa shape index (κ1) is 23.0. The van der Waals surface area contributed by atoms with Crippen LogP contribution in [0.1, 0.15) is 44.9 Å². The van der Waals surface area contributed by atoms with Crippen molar-refractivity contribution in [1.29, 1.82) is 0 Å². The molecule has 0 unspecified atom stereocenters. The van der Waals surface area contributed by atoms with Crippen molar-refractivity contribution >= 4 is 28.3 Å². The molecule has 1 aliphatic heterocycles. The van der Waals surface area contributed by atoms with Gasteiger partial charge in [0.25, 0.3) is 0 Å². The van der Waals surface area contributed by atoms with Crippen LogP contribution in [0.4, 0.5) is 0 Å². The molecule has 5 aromatic carbocycles. The highest BCUT2D eigenvalue weighted by Crippen LogP contribution is 2.73. The number of hydrogen-bond donors (Lipinski definition) is 0. The highest BCUT2D eigenvalue weighted by Gasteiger charge is 2.64. The Kier molecular flexibility index (Phi) is 4.90. The molecule has 2 heteroatoms. The van der Waals surface area contributed by atoms with Crippen molar-refractivity contribution in [3.8, 4) is 5.75 Å². The number of carbonyl (C=O) groups is 1. The molecule has 0 amide bonds. The fraction of sp³-hybridized carbons (Fsp3) is 0.0789. The number of esters is 1. The lowest BCUT2D eigenvalue weighted by atomic mass is 9.62. The number of benzene rings is 5. The summed E-state index contributed by atoms with van der Waals surface area (Å²) in [4.78, 5) is 14.2. The minimum atomic E-state index is -0.738. The SMILES string of the molecule is Cc1ccc2c(c1)[C@]13C(c4ccccc4)=C(c4ccccc4)C(c4ccccc4)=C1c1ccccc1[C@@H]3C(=O)O2. The maximum atomic E-state index is 14.2. The molecular weight excluding hydrogens is 488 g/mol. The van der Waals surface area contributed by atoms with Crippen molar-refractivity contribution in [1.82, 2.24) is 0 Å². The van der Waals surface area contributed by atoms with Crippen LogP contribution < -0.4 is 4.74 Å². The molecule has 1 heterocycles. The van der Waals surface area contributed by atoms with Gasteiger partial charge in [-0.2, -0.15) is 0 Å². The van der Waals surface area contributed by atoms with Crippen LogP contribution in [0.2, 0.25) is 0 Å². The molecule has 0 aromatic heterocycles. The van der Waals surface area contributed by atoms with Crippen molar-refractivity contribution in [2.24, 2.45) is 0 Å². The summed E-state index contributed by atoms with van der Waals surface area (Å²) in [5.41, 5.74) is 11.7. The van der Waals surface area contributed by atoms with Gasteiger partial charge in [-0.05, 0) is 63.1 Å². The zero-order valence-corrected chi connectivity index (χ0v) is 22.1. The quantitative estimate of drug-likeness (QED) is 0.178. The molecule has 0 saturated carbocycles. The van der Waals surface area contributed by atoms with Gasteiger partial charge in [0.15, 0.2) is 0 Å². The van der Waals surface area contributed by atoms with Gasteiger partial charge in [0.05, 0.1) is 5.41 Å². The molecule has 0 N–H and O–H groups in total. The van der Waals surface area contributed by atoms with Gasteiger partial charge in [-0.25, -0.2) is 0 Å². The van der Waals surface area contributed by atoms with E-state index < -0.39 is 11.3 Å². The largest absolute Gasteiger partial charge is 0.426 e. The maximum Gasteiger partial charge on any atom is 0.320 e. The minimum absolute atomic E-state index is 0.200. The fourth-order valence-electron chi connectivity index (χ4n) is 7.32. The zero-order chi connectivity index (χ0) is 26.8. The maximum absolute atomic E-state index is 14.2. The van der Waals surface area contributed by atoms with Gasteiger partial charge in [-0.15, -0.1) is 0 Å². The zero-order valence-electron chi connectivity index (χ0n) is 22.1. The van der Waals surface area contributed by atoms with Gasteiger partial charge in [0.2, 0.25) is 0 Å². The molecular formula is C38H26O2. The Balaban J connectivity index is 1.65. The van der Waals surface area contributed by atoms with E-state index in [1.165, 1.54) is 16.7 Å². The van der Waals surface area contributed by atoms with Gasteiger partial charge in [-0.1, -0.05) is 133 Å². The Morgan fingerprint density at radius 1 is 0.600 bits per heavy atom. The van der Waals surface area contributed by atoms with Crippen molar-refractivity contribution < 1.29 is 9.53 Å². The molecule has 40 heavy (non-hydrogen) atoms. The first-order chi connectivity index (χ1) is 19.7. The Bertz CT molecular complexity index is 1840. The lowest BCUT2D eigenvalue weighted by molar-refractivity contribution is -0.138. The molecule has 2 atom stereocenters. The van der Waals surface area contributed by atoms with Crippen molar-refractivity contribution in [3.63, 3.8) is 0 Å². The van der Waals surface area contributed by atoms with Crippen LogP contribution in [0.15, 0.2) is 133 Å². The van der Waals surface area contributed by atoms with Crippen LogP contribution in [0.25, 0.3) is 22.3 Å². The summed E-state index contributed by atoms with van der Waals surface area (Å²) in [5, 5.41) is 0. The van der Waals surface area contributed by atoms with E-state index >= 15 is 0 Å². The molecule has 0 fully saturated rings. The minimum Gasteiger partial charge on any atom is -0.426 e. The van der Waals surface area contributed by atoms with Gasteiger partial charge in [-0.3, -0.25) is 4.79 Å². The number of carbonyl (C=O) groups excluding carboxylic acids is 1. The predicted octanol–water partition coefficient (Wildman–Crippen LogP) is 8.48. The number of ether oxygens (including phenoxy) is 1. The summed E-state index contributed by atoms with van der Waals surface area (Å²) in [5.74, 6) is -0.0515. The molecule has 5 aromatic rings. The summed E-state index contributed by atoms with van der Waals surface area (Å²) >= 11 is 0. The normalized spacial score (nSPS) is 20.5. The molecule has 3 aliphatic rings. The van der Waals surface area contributed by atoms with Crippen molar-refractivity contribution in [2.45, 2.75) is 18.3 Å². The van der Waals surface area contributed by atoms with E-state index in [2.05, 4.69) is 122 Å². The van der Waals surface area contributed by atoms with E-state index in [4.69, 9.17) is 4.74 Å². The first-order valence-corrected chi connectivity index (χ1v) is 13.8. The third kappa shape index (κ3) is 2.96. The Morgan fingerprint density at radius 3 is 1.80 bits per heavy atom. The molecule has 2 aliphatic carbocycles. The molecule has 2 nitrogen and oxygen atoms in total. The smallest absolute Gasteiger partial charge is 0.320 e. The van der Waals surface area contributed by atoms with Crippen LogP contribution >= 0.6 is 0 Å². The van der Waals surface area contributed by atoms with E-state index in [-0.39, 0.29) is 5.97 Å². The van der Waals surface area contributed by atoms with Gasteiger partial charge in [0.1, 0.15) is 11.7 Å². The Hall–Kier alpha value is -4.95. The average Bonchev–Trinajstić information content (AvgIpc) is 3.47. The number of allylic oxidation sites excluding steroid dienone is 4. The molecule has 0 radical (unpaired) electrons. The Labute approximate surface area is 233 Å². The standard InChI is InChI=1S/C38H26O2/c1-24-21-22-31-30(23-24)38-34(27-17-9-4-10-18-27)32(25-13-5-2-6-14-25)33(26-15-7-3-8-16-26)35(38)28-19-11-12-20-29(28)36(38)37(39)40-31/h2-23,36H,1H3/t36-,38+/m1/s1. The highest BCUT2D eigenvalue weighted by molar-refractivity contribution is 6.34. The van der Waals surface area contributed by atoms with E-state index in [1.54, 1.807) is 0 Å². The van der Waals surface area contributed by atoms with Crippen molar-refractivity contribution in [3.05, 3.63) is 172 Å². The van der Waals surface area contributed by atoms with E-state index in [1.807, 2.05) is 18.2 Å². The van der Waals surface area contributed by atoms with Crippen LogP contribution in [0.5, 0.6) is 5.75 Å². The van der Waals surface area contributed by atoms with Crippen LogP contribution in [-0.4, -0.2) is 5.97 Å². The lowest BCUT2D eigenvalue weighted by Gasteiger charge is -2.41. The first-order valence-electron chi connectivity index (χ1n) is 13.8. The fourth-order valence-corrected chi connectivity index (χ4v) is 7.32. The molecule has 1 spiro atoms. The number of aryl methyl sites for hydroxylation is 1. The summed E-state index contributed by atoms with van der Waals surface area (Å²) < 4.78 is 6.14. The van der Waals surface area contributed by atoms with Gasteiger partial charge in [0, 0.05) is 5.56 Å². The van der Waals surface area contributed by atoms with E-state index in [0.29, 0.717) is 5.75 Å². The third-order valence-corrected chi connectivity index (χ3v) is 8.71. The second kappa shape index (κ2) is 8.53. The van der Waals surface area contributed by atoms with Crippen LogP contribution in [0.3, 0.4) is 0 Å². The summed E-state index contributed by atoms with van der Waals surface area (Å²) in [6, 6.07) is 46.6. The molecule has 8 rings (SSSR count). The summed E-state index contributed by atoms with van der Waals surface area (Å²) in [6.45, 7) is 2.12. The van der Waals surface area contributed by atoms with Crippen LogP contribution in [0, 0.1) is 6.92 Å². The summed E-state index contributed by atoms with van der Waals surface area (Å²) in [7, 11) is 0. The second-order valence-corrected chi connectivity index (χ2v) is 10.8. The van der Waals surface area contributed by atoms with Gasteiger partial charge < -0.3 is 4.74 Å². The topological polar surface area (TPSA) is 26.3 Å². The molecule has 0 bridgehead atoms. The van der Waals surface area contributed by atoms with Crippen LogP contribution in [-0.2, 0) is 10.2 Å². The lowest BCUT2D eigenvalue weighted by Crippen LogP contribution is -2.41. The third-order valence-electron chi connectivity index (χ3n) is 8.71. The Morgan fingerprint density at radius 2 is 1.15 bits per heavy atom. The average molecular weight is 515 g/mol. The van der Waals surface area contributed by atoms with E-state index in [0.717, 1.165) is 44.5 Å². The number of fused-ring (bicyclic) bond motifs is 4. The highest BCUT2D eigenvalue weighted by atomic mass is 16.5. The number of hydrogen-bond acceptors (Lipinski definition) is 2. The molecule has 190 valence electrons. The summed E-state index contributed by atoms with van der Waals surface area (Å²) in [6.07, 6.45) is 0. The van der Waals surface area contributed by atoms with Gasteiger partial charge >= 0.3 is 5.97 Å². The molecule has 0 saturated heterocycles. The monoisotopic (exact) mass is 514 g/mol. The van der Waals surface area contributed by atoms with Crippen molar-refractivity contribution in [2.75, 3.05) is 0 Å². The number of rotatable bonds is 3. The van der Waals surface area contributed by atoms with E-state index in [9.17, 15) is 4.79 Å². The predicted molar refractivity (Wildman–Crippen MR) is 161 cm³/mol. The second-order valence-electron chi connectivity index (χ2n) is 10.8.